The van der Waals surface area contributed by atoms with Crippen molar-refractivity contribution < 1.29 is 18.3 Å². The molecule has 0 aliphatic rings. The molecule has 0 saturated carbocycles. The third-order valence-corrected chi connectivity index (χ3v) is 2.35. The predicted molar refractivity (Wildman–Crippen MR) is 56.3 cm³/mol. The van der Waals surface area contributed by atoms with E-state index in [1.54, 1.807) is 13.0 Å². The van der Waals surface area contributed by atoms with Crippen LogP contribution in [-0.2, 0) is 9.53 Å². The van der Waals surface area contributed by atoms with Crippen molar-refractivity contribution in [1.82, 2.24) is 0 Å². The van der Waals surface area contributed by atoms with E-state index in [2.05, 4.69) is 4.74 Å². The van der Waals surface area contributed by atoms with Gasteiger partial charge in [-0.3, -0.25) is 0 Å². The normalized spacial score (nSPS) is 14.2. The van der Waals surface area contributed by atoms with Gasteiger partial charge in [0.2, 0.25) is 6.17 Å². The molecule has 2 atom stereocenters. The molecule has 16 heavy (non-hydrogen) atoms. The van der Waals surface area contributed by atoms with Crippen LogP contribution in [0.25, 0.3) is 0 Å². The molecule has 0 heterocycles. The lowest BCUT2D eigenvalue weighted by atomic mass is 9.96. The van der Waals surface area contributed by atoms with Crippen LogP contribution < -0.4 is 0 Å². The second kappa shape index (κ2) is 5.58. The van der Waals surface area contributed by atoms with Gasteiger partial charge in [0.1, 0.15) is 5.82 Å². The van der Waals surface area contributed by atoms with E-state index in [0.717, 1.165) is 0 Å². The summed E-state index contributed by atoms with van der Waals surface area (Å²) in [6, 6.07) is 5.82. The lowest BCUT2D eigenvalue weighted by Crippen LogP contribution is -2.25. The Balaban J connectivity index is 2.82. The maximum absolute atomic E-state index is 13.6. The minimum atomic E-state index is -1.84. The molecule has 4 heteroatoms. The fourth-order valence-electron chi connectivity index (χ4n) is 1.43. The Morgan fingerprint density at radius 1 is 1.44 bits per heavy atom. The topological polar surface area (TPSA) is 26.3 Å². The molecule has 0 bridgehead atoms. The quantitative estimate of drug-likeness (QED) is 0.741. The molecule has 88 valence electrons. The van der Waals surface area contributed by atoms with E-state index >= 15 is 0 Å². The fraction of sp³-hybridized carbons (Fsp3) is 0.417. The summed E-state index contributed by atoms with van der Waals surface area (Å²) in [6.07, 6.45) is -1.84. The van der Waals surface area contributed by atoms with E-state index in [1.165, 1.54) is 25.1 Å². The van der Waals surface area contributed by atoms with Gasteiger partial charge in [-0.05, 0) is 18.6 Å². The summed E-state index contributed by atoms with van der Waals surface area (Å²) in [6.45, 7) is 3.17. The van der Waals surface area contributed by atoms with E-state index < -0.39 is 23.9 Å². The number of alkyl halides is 1. The van der Waals surface area contributed by atoms with Crippen molar-refractivity contribution in [2.75, 3.05) is 6.61 Å². The smallest absolute Gasteiger partial charge is 0.341 e. The lowest BCUT2D eigenvalue weighted by molar-refractivity contribution is -0.149. The molecular formula is C12H14F2O2. The van der Waals surface area contributed by atoms with Gasteiger partial charge < -0.3 is 4.74 Å². The Labute approximate surface area is 93.2 Å². The van der Waals surface area contributed by atoms with Crippen LogP contribution in [0.15, 0.2) is 24.3 Å². The number of hydrogen-bond acceptors (Lipinski definition) is 2. The maximum Gasteiger partial charge on any atom is 0.341 e. The Morgan fingerprint density at radius 3 is 2.62 bits per heavy atom. The largest absolute Gasteiger partial charge is 0.464 e. The molecule has 1 aromatic rings. The Hall–Kier alpha value is -1.45. The Bertz CT molecular complexity index is 366. The fourth-order valence-corrected chi connectivity index (χ4v) is 1.43. The van der Waals surface area contributed by atoms with Crippen molar-refractivity contribution in [2.24, 2.45) is 0 Å². The van der Waals surface area contributed by atoms with Gasteiger partial charge in [-0.25, -0.2) is 13.6 Å². The van der Waals surface area contributed by atoms with Crippen LogP contribution in [0.4, 0.5) is 8.78 Å². The first-order valence-corrected chi connectivity index (χ1v) is 5.13. The first kappa shape index (κ1) is 12.6. The minimum Gasteiger partial charge on any atom is -0.464 e. The van der Waals surface area contributed by atoms with Gasteiger partial charge in [-0.2, -0.15) is 0 Å². The lowest BCUT2D eigenvalue weighted by Gasteiger charge is -2.16. The van der Waals surface area contributed by atoms with Gasteiger partial charge in [0.05, 0.1) is 6.61 Å². The van der Waals surface area contributed by atoms with E-state index in [0.29, 0.717) is 0 Å². The highest BCUT2D eigenvalue weighted by atomic mass is 19.1. The average molecular weight is 228 g/mol. The molecule has 1 aromatic carbocycles. The van der Waals surface area contributed by atoms with E-state index in [9.17, 15) is 13.6 Å². The third-order valence-electron chi connectivity index (χ3n) is 2.35. The van der Waals surface area contributed by atoms with Crippen LogP contribution in [0.5, 0.6) is 0 Å². The zero-order chi connectivity index (χ0) is 12.1. The number of carbonyl (C=O) groups excluding carboxylic acids is 1. The highest BCUT2D eigenvalue weighted by Crippen LogP contribution is 2.24. The summed E-state index contributed by atoms with van der Waals surface area (Å²) in [5.74, 6) is -2.31. The molecule has 0 aliphatic heterocycles. The van der Waals surface area contributed by atoms with Crippen molar-refractivity contribution in [1.29, 1.82) is 0 Å². The number of ether oxygens (including phenoxy) is 1. The molecule has 0 amide bonds. The van der Waals surface area contributed by atoms with Gasteiger partial charge >= 0.3 is 5.97 Å². The second-order valence-corrected chi connectivity index (χ2v) is 3.46. The zero-order valence-electron chi connectivity index (χ0n) is 9.24. The number of esters is 1. The van der Waals surface area contributed by atoms with E-state index in [4.69, 9.17) is 0 Å². The highest BCUT2D eigenvalue weighted by molar-refractivity contribution is 5.75. The minimum absolute atomic E-state index is 0.114. The van der Waals surface area contributed by atoms with Gasteiger partial charge in [-0.1, -0.05) is 25.1 Å². The highest BCUT2D eigenvalue weighted by Gasteiger charge is 2.28. The Kier molecular flexibility index (Phi) is 4.40. The standard InChI is InChI=1S/C12H14F2O2/c1-3-16-12(15)11(14)8(2)9-6-4-5-7-10(9)13/h4-8,11H,3H2,1-2H3. The summed E-state index contributed by atoms with van der Waals surface area (Å²) in [5.41, 5.74) is 0.183. The molecule has 0 saturated heterocycles. The zero-order valence-corrected chi connectivity index (χ0v) is 9.24. The molecule has 0 fully saturated rings. The van der Waals surface area contributed by atoms with Crippen molar-refractivity contribution in [3.8, 4) is 0 Å². The van der Waals surface area contributed by atoms with Gasteiger partial charge in [-0.15, -0.1) is 0 Å². The summed E-state index contributed by atoms with van der Waals surface area (Å²) in [7, 11) is 0. The van der Waals surface area contributed by atoms with Crippen LogP contribution in [0, 0.1) is 5.82 Å². The number of carbonyl (C=O) groups is 1. The van der Waals surface area contributed by atoms with Crippen molar-refractivity contribution in [2.45, 2.75) is 25.9 Å². The molecule has 2 unspecified atom stereocenters. The van der Waals surface area contributed by atoms with Gasteiger partial charge in [0.15, 0.2) is 0 Å². The van der Waals surface area contributed by atoms with Crippen molar-refractivity contribution in [3.63, 3.8) is 0 Å². The molecule has 0 aromatic heterocycles. The summed E-state index contributed by atoms with van der Waals surface area (Å²) < 4.78 is 31.5. The molecule has 0 radical (unpaired) electrons. The first-order chi connectivity index (χ1) is 7.57. The molecule has 1 rings (SSSR count). The number of halogens is 2. The van der Waals surface area contributed by atoms with Crippen LogP contribution in [0.1, 0.15) is 25.3 Å². The Morgan fingerprint density at radius 2 is 2.06 bits per heavy atom. The monoisotopic (exact) mass is 228 g/mol. The van der Waals surface area contributed by atoms with E-state index in [-0.39, 0.29) is 12.2 Å². The van der Waals surface area contributed by atoms with E-state index in [1.807, 2.05) is 0 Å². The van der Waals surface area contributed by atoms with Gasteiger partial charge in [0, 0.05) is 5.92 Å². The first-order valence-electron chi connectivity index (χ1n) is 5.13. The van der Waals surface area contributed by atoms with Crippen LogP contribution in [0.3, 0.4) is 0 Å². The third kappa shape index (κ3) is 2.78. The van der Waals surface area contributed by atoms with Crippen molar-refractivity contribution in [3.05, 3.63) is 35.6 Å². The molecule has 0 spiro atoms. The summed E-state index contributed by atoms with van der Waals surface area (Å²) >= 11 is 0. The molecule has 0 aliphatic carbocycles. The summed E-state index contributed by atoms with van der Waals surface area (Å²) in [4.78, 5) is 11.1. The maximum atomic E-state index is 13.6. The van der Waals surface area contributed by atoms with Gasteiger partial charge in [0.25, 0.3) is 0 Å². The SMILES string of the molecule is CCOC(=O)C(F)C(C)c1ccccc1F. The van der Waals surface area contributed by atoms with Crippen LogP contribution >= 0.6 is 0 Å². The number of rotatable bonds is 4. The summed E-state index contributed by atoms with van der Waals surface area (Å²) in [5, 5.41) is 0. The molecule has 2 nitrogen and oxygen atoms in total. The van der Waals surface area contributed by atoms with Crippen LogP contribution in [0.2, 0.25) is 0 Å². The molecular weight excluding hydrogens is 214 g/mol. The number of benzene rings is 1. The average Bonchev–Trinajstić information content (AvgIpc) is 2.28. The van der Waals surface area contributed by atoms with Crippen molar-refractivity contribution >= 4 is 5.97 Å². The molecule has 0 N–H and O–H groups in total. The second-order valence-electron chi connectivity index (χ2n) is 3.46. The predicted octanol–water partition coefficient (Wildman–Crippen LogP) is 2.83. The number of hydrogen-bond donors (Lipinski definition) is 0. The van der Waals surface area contributed by atoms with Crippen LogP contribution in [-0.4, -0.2) is 18.7 Å².